The molecule has 0 aliphatic heterocycles. The van der Waals surface area contributed by atoms with Crippen LogP contribution in [0.5, 0.6) is 0 Å². The smallest absolute Gasteiger partial charge is 0.166 e. The molecule has 0 aliphatic rings. The van der Waals surface area contributed by atoms with Gasteiger partial charge in [-0.25, -0.2) is 19.3 Å². The summed E-state index contributed by atoms with van der Waals surface area (Å²) in [5.41, 5.74) is 10.6. The Morgan fingerprint density at radius 2 is 0.766 bits per heavy atom. The Labute approximate surface area is 366 Å². The van der Waals surface area contributed by atoms with Gasteiger partial charge in [-0.1, -0.05) is 103 Å². The first-order valence-electron chi connectivity index (χ1n) is 20.2. The van der Waals surface area contributed by atoms with Gasteiger partial charge in [-0.05, 0) is 106 Å². The summed E-state index contributed by atoms with van der Waals surface area (Å²) < 4.78 is 16.5. The van der Waals surface area contributed by atoms with Crippen LogP contribution in [0.15, 0.2) is 176 Å². The number of aromatic nitrogens is 4. The zero-order chi connectivity index (χ0) is 43.7. The van der Waals surface area contributed by atoms with E-state index in [-0.39, 0.29) is 5.82 Å². The Kier molecular flexibility index (Phi) is 9.75. The van der Waals surface area contributed by atoms with Crippen LogP contribution in [-0.4, -0.2) is 19.5 Å². The van der Waals surface area contributed by atoms with Gasteiger partial charge < -0.3 is 4.57 Å². The summed E-state index contributed by atoms with van der Waals surface area (Å²) in [5.74, 6) is 1.04. The molecular weight excluding hydrogens is 792 g/mol. The number of rotatable bonds is 7. The molecule has 2 heterocycles. The van der Waals surface area contributed by atoms with Gasteiger partial charge >= 0.3 is 0 Å². The van der Waals surface area contributed by atoms with E-state index in [1.54, 1.807) is 48.5 Å². The summed E-state index contributed by atoms with van der Waals surface area (Å²) in [7, 11) is 0. The maximum atomic E-state index is 14.3. The molecule has 0 fully saturated rings. The highest BCUT2D eigenvalue weighted by Crippen LogP contribution is 2.41. The topological polar surface area (TPSA) is 139 Å². The van der Waals surface area contributed by atoms with Crippen molar-refractivity contribution in [3.63, 3.8) is 0 Å². The van der Waals surface area contributed by atoms with E-state index >= 15 is 0 Å². The molecule has 10 aromatic rings. The first kappa shape index (κ1) is 38.6. The highest BCUT2D eigenvalue weighted by molar-refractivity contribution is 6.12. The lowest BCUT2D eigenvalue weighted by Crippen LogP contribution is -2.04. The van der Waals surface area contributed by atoms with Crippen LogP contribution < -0.4 is 0 Å². The van der Waals surface area contributed by atoms with Gasteiger partial charge in [0.25, 0.3) is 0 Å². The zero-order valence-corrected chi connectivity index (χ0v) is 33.7. The Hall–Kier alpha value is -9.54. The zero-order valence-electron chi connectivity index (χ0n) is 33.7. The van der Waals surface area contributed by atoms with Gasteiger partial charge in [0, 0.05) is 27.5 Å². The first-order valence-corrected chi connectivity index (χ1v) is 20.2. The molecule has 8 aromatic carbocycles. The summed E-state index contributed by atoms with van der Waals surface area (Å²) in [4.78, 5) is 15.2. The molecular formula is C55H29FN8. The van der Waals surface area contributed by atoms with Crippen LogP contribution in [0.3, 0.4) is 0 Å². The molecule has 64 heavy (non-hydrogen) atoms. The van der Waals surface area contributed by atoms with Gasteiger partial charge in [-0.3, -0.25) is 0 Å². The second-order valence-corrected chi connectivity index (χ2v) is 15.1. The van der Waals surface area contributed by atoms with Crippen LogP contribution in [0, 0.1) is 51.1 Å². The van der Waals surface area contributed by atoms with Crippen molar-refractivity contribution < 1.29 is 4.39 Å². The van der Waals surface area contributed by atoms with Crippen LogP contribution >= 0.6 is 0 Å². The molecule has 0 bridgehead atoms. The van der Waals surface area contributed by atoms with Crippen molar-refractivity contribution in [1.29, 1.82) is 21.0 Å². The van der Waals surface area contributed by atoms with Crippen LogP contribution in [0.25, 0.3) is 95.0 Å². The molecule has 296 valence electrons. The minimum atomic E-state index is -0.352. The SMILES string of the molecule is N#Cc1cc(C#N)cc(-c2ccc3c4ccc(-c5cc(C#N)cc(C#N)c5)cc4n(-c4cc(-c5ccc(F)cc5)ccc4-c4nc(-c5ccccc5)nc(-c5ccccc5)n4)c3c2)c1. The third-order valence-corrected chi connectivity index (χ3v) is 11.2. The fourth-order valence-electron chi connectivity index (χ4n) is 8.14. The lowest BCUT2D eigenvalue weighted by molar-refractivity contribution is 0.628. The maximum absolute atomic E-state index is 14.3. The maximum Gasteiger partial charge on any atom is 0.166 e. The standard InChI is InChI=1S/C55H29FN8/c56-46-16-11-38(12-17-46)41-15-20-49(55-62-53(39-7-3-1-4-8-39)61-54(63-55)40-9-5-2-6-10-40)52(27-41)64-50-28-42(44-23-34(30-57)21-35(24-44)31-58)13-18-47(50)48-19-14-43(29-51(48)64)45-25-36(32-59)22-37(26-45)33-60/h1-29H. The number of fused-ring (bicyclic) bond motifs is 3. The van der Waals surface area contributed by atoms with Gasteiger partial charge in [0.15, 0.2) is 17.5 Å². The number of hydrogen-bond donors (Lipinski definition) is 0. The number of benzene rings is 8. The lowest BCUT2D eigenvalue weighted by Gasteiger charge is -2.17. The van der Waals surface area contributed by atoms with Gasteiger partial charge in [0.05, 0.1) is 63.3 Å². The van der Waals surface area contributed by atoms with Gasteiger partial charge in [0.1, 0.15) is 5.82 Å². The fraction of sp³-hybridized carbons (Fsp3) is 0. The second-order valence-electron chi connectivity index (χ2n) is 15.1. The average molecular weight is 821 g/mol. The average Bonchev–Trinajstić information content (AvgIpc) is 3.69. The summed E-state index contributed by atoms with van der Waals surface area (Å²) in [6.07, 6.45) is 0. The third kappa shape index (κ3) is 7.14. The summed E-state index contributed by atoms with van der Waals surface area (Å²) >= 11 is 0. The number of hydrogen-bond acceptors (Lipinski definition) is 7. The van der Waals surface area contributed by atoms with Gasteiger partial charge in [-0.15, -0.1) is 0 Å². The van der Waals surface area contributed by atoms with E-state index < -0.39 is 0 Å². The third-order valence-electron chi connectivity index (χ3n) is 11.2. The first-order chi connectivity index (χ1) is 31.4. The number of nitrogens with zero attached hydrogens (tertiary/aromatic N) is 8. The van der Waals surface area contributed by atoms with Gasteiger partial charge in [-0.2, -0.15) is 21.0 Å². The second kappa shape index (κ2) is 16.1. The van der Waals surface area contributed by atoms with Crippen LogP contribution in [0.4, 0.5) is 4.39 Å². The molecule has 0 amide bonds. The van der Waals surface area contributed by atoms with Crippen molar-refractivity contribution in [1.82, 2.24) is 19.5 Å². The van der Waals surface area contributed by atoms with Crippen molar-refractivity contribution in [3.8, 4) is 97.5 Å². The van der Waals surface area contributed by atoms with E-state index in [4.69, 9.17) is 15.0 Å². The van der Waals surface area contributed by atoms with E-state index in [9.17, 15) is 25.4 Å². The fourth-order valence-corrected chi connectivity index (χ4v) is 8.14. The predicted molar refractivity (Wildman–Crippen MR) is 246 cm³/mol. The predicted octanol–water partition coefficient (Wildman–Crippen LogP) is 12.6. The van der Waals surface area contributed by atoms with E-state index in [1.165, 1.54) is 12.1 Å². The van der Waals surface area contributed by atoms with Crippen LogP contribution in [0.2, 0.25) is 0 Å². The monoisotopic (exact) mass is 820 g/mol. The van der Waals surface area contributed by atoms with Crippen molar-refractivity contribution in [3.05, 3.63) is 204 Å². The Morgan fingerprint density at radius 3 is 1.22 bits per heavy atom. The molecule has 0 unspecified atom stereocenters. The van der Waals surface area contributed by atoms with E-state index in [2.05, 4.69) is 28.8 Å². The Bertz CT molecular complexity index is 3410. The Morgan fingerprint density at radius 1 is 0.359 bits per heavy atom. The van der Waals surface area contributed by atoms with Crippen LogP contribution in [0.1, 0.15) is 22.3 Å². The molecule has 0 N–H and O–H groups in total. The summed E-state index contributed by atoms with van der Waals surface area (Å²) in [6, 6.07) is 62.9. The molecule has 10 rings (SSSR count). The highest BCUT2D eigenvalue weighted by Gasteiger charge is 2.22. The molecule has 0 aliphatic carbocycles. The summed E-state index contributed by atoms with van der Waals surface area (Å²) in [6.45, 7) is 0. The lowest BCUT2D eigenvalue weighted by atomic mass is 9.98. The molecule has 0 saturated heterocycles. The minimum absolute atomic E-state index is 0.352. The van der Waals surface area contributed by atoms with Crippen molar-refractivity contribution >= 4 is 21.8 Å². The van der Waals surface area contributed by atoms with Crippen molar-refractivity contribution in [2.45, 2.75) is 0 Å². The largest absolute Gasteiger partial charge is 0.308 e. The normalized spacial score (nSPS) is 10.8. The number of halogens is 1. The van der Waals surface area contributed by atoms with E-state index in [0.717, 1.165) is 55.2 Å². The Balaban J connectivity index is 1.32. The molecule has 2 aromatic heterocycles. The molecule has 9 heteroatoms. The molecule has 0 radical (unpaired) electrons. The molecule has 0 atom stereocenters. The number of nitriles is 4. The molecule has 8 nitrogen and oxygen atoms in total. The van der Waals surface area contributed by atoms with Gasteiger partial charge in [0.2, 0.25) is 0 Å². The molecule has 0 spiro atoms. The van der Waals surface area contributed by atoms with Crippen LogP contribution in [-0.2, 0) is 0 Å². The molecule has 0 saturated carbocycles. The quantitative estimate of drug-likeness (QED) is 0.156. The highest BCUT2D eigenvalue weighted by atomic mass is 19.1. The minimum Gasteiger partial charge on any atom is -0.308 e. The van der Waals surface area contributed by atoms with Crippen molar-refractivity contribution in [2.75, 3.05) is 0 Å². The summed E-state index contributed by atoms with van der Waals surface area (Å²) in [5, 5.41) is 41.4. The van der Waals surface area contributed by atoms with E-state index in [1.807, 2.05) is 115 Å². The van der Waals surface area contributed by atoms with Crippen molar-refractivity contribution in [2.24, 2.45) is 0 Å². The van der Waals surface area contributed by atoms with E-state index in [0.29, 0.717) is 62.1 Å².